The number of aliphatic carboxylic acids is 1. The lowest BCUT2D eigenvalue weighted by Gasteiger charge is -2.07. The first-order valence-corrected chi connectivity index (χ1v) is 7.79. The third-order valence-electron chi connectivity index (χ3n) is 3.60. The predicted octanol–water partition coefficient (Wildman–Crippen LogP) is 1.68. The van der Waals surface area contributed by atoms with Gasteiger partial charge < -0.3 is 21.1 Å². The van der Waals surface area contributed by atoms with Gasteiger partial charge in [0.05, 0.1) is 18.4 Å². The second-order valence-corrected chi connectivity index (χ2v) is 5.41. The number of rotatable bonds is 4. The lowest BCUT2D eigenvalue weighted by molar-refractivity contribution is -0.135. The molecule has 0 unspecified atom stereocenters. The highest BCUT2D eigenvalue weighted by molar-refractivity contribution is 5.90. The van der Waals surface area contributed by atoms with E-state index in [1.807, 2.05) is 30.3 Å². The molecule has 27 heavy (non-hydrogen) atoms. The van der Waals surface area contributed by atoms with Gasteiger partial charge in [-0.05, 0) is 19.1 Å². The maximum atomic E-state index is 11.0. The molecule has 0 saturated heterocycles. The summed E-state index contributed by atoms with van der Waals surface area (Å²) in [7, 11) is 0. The molecule has 0 radical (unpaired) electrons. The molecule has 5 N–H and O–H groups in total. The van der Waals surface area contributed by atoms with Crippen LogP contribution in [-0.4, -0.2) is 48.6 Å². The Balaban J connectivity index is 0.000000465. The number of carboxylic acid groups (broad SMARTS) is 2. The van der Waals surface area contributed by atoms with Crippen LogP contribution < -0.4 is 5.73 Å². The van der Waals surface area contributed by atoms with Gasteiger partial charge in [0, 0.05) is 29.1 Å². The molecule has 0 spiro atoms. The molecular formula is C18H18N4O5. The number of aromatic nitrogens is 3. The highest BCUT2D eigenvalue weighted by Crippen LogP contribution is 2.30. The van der Waals surface area contributed by atoms with Gasteiger partial charge in [-0.1, -0.05) is 18.2 Å². The first-order chi connectivity index (χ1) is 12.8. The molecular weight excluding hydrogens is 352 g/mol. The normalized spacial score (nSPS) is 10.0. The van der Waals surface area contributed by atoms with Crippen molar-refractivity contribution in [3.05, 3.63) is 60.2 Å². The Kier molecular flexibility index (Phi) is 6.23. The number of nitrogens with two attached hydrogens (primary N) is 1. The molecule has 0 saturated carbocycles. The summed E-state index contributed by atoms with van der Waals surface area (Å²) in [6.07, 6.45) is 4.89. The minimum atomic E-state index is -1.26. The van der Waals surface area contributed by atoms with Crippen LogP contribution in [0.25, 0.3) is 16.8 Å². The van der Waals surface area contributed by atoms with Crippen LogP contribution in [-0.2, 0) is 4.79 Å². The lowest BCUT2D eigenvalue weighted by atomic mass is 10.0. The number of nitrogens with zero attached hydrogens (tertiary/aromatic N) is 3. The zero-order chi connectivity index (χ0) is 20.0. The van der Waals surface area contributed by atoms with Crippen molar-refractivity contribution in [3.63, 3.8) is 0 Å². The molecule has 0 bridgehead atoms. The Hall–Kier alpha value is -3.72. The van der Waals surface area contributed by atoms with Gasteiger partial charge in [-0.2, -0.15) is 5.10 Å². The summed E-state index contributed by atoms with van der Waals surface area (Å²) >= 11 is 0. The van der Waals surface area contributed by atoms with Gasteiger partial charge in [-0.3, -0.25) is 4.79 Å². The number of pyridine rings is 1. The Morgan fingerprint density at radius 1 is 1.15 bits per heavy atom. The van der Waals surface area contributed by atoms with E-state index in [0.717, 1.165) is 11.3 Å². The predicted molar refractivity (Wildman–Crippen MR) is 96.8 cm³/mol. The van der Waals surface area contributed by atoms with Crippen molar-refractivity contribution in [2.24, 2.45) is 5.73 Å². The molecule has 9 nitrogen and oxygen atoms in total. The number of carbonyl (C=O) groups is 2. The second kappa shape index (κ2) is 8.59. The molecule has 9 heteroatoms. The lowest BCUT2D eigenvalue weighted by Crippen LogP contribution is -2.10. The highest BCUT2D eigenvalue weighted by Gasteiger charge is 2.17. The number of aromatic hydroxyl groups is 1. The third kappa shape index (κ3) is 4.67. The van der Waals surface area contributed by atoms with E-state index >= 15 is 0 Å². The van der Waals surface area contributed by atoms with Gasteiger partial charge in [0.1, 0.15) is 0 Å². The van der Waals surface area contributed by atoms with Crippen molar-refractivity contribution in [1.29, 1.82) is 0 Å². The van der Waals surface area contributed by atoms with Crippen LogP contribution in [0.2, 0.25) is 0 Å². The molecule has 0 aliphatic heterocycles. The SMILES string of the molecule is Cc1c(-c2cnn(-c3ccccc3)c2)cnc(C(=O)O)c1O.NCC(=O)O. The van der Waals surface area contributed by atoms with Crippen molar-refractivity contribution in [2.45, 2.75) is 6.92 Å². The van der Waals surface area contributed by atoms with E-state index in [0.29, 0.717) is 11.1 Å². The van der Waals surface area contributed by atoms with Gasteiger partial charge in [0.2, 0.25) is 0 Å². The minimum absolute atomic E-state index is 0.278. The van der Waals surface area contributed by atoms with Gasteiger partial charge in [0.15, 0.2) is 11.4 Å². The van der Waals surface area contributed by atoms with Crippen LogP contribution in [0.4, 0.5) is 0 Å². The maximum absolute atomic E-state index is 11.0. The van der Waals surface area contributed by atoms with Crippen LogP contribution in [0.1, 0.15) is 16.1 Å². The van der Waals surface area contributed by atoms with Crippen LogP contribution >= 0.6 is 0 Å². The minimum Gasteiger partial charge on any atom is -0.505 e. The monoisotopic (exact) mass is 370 g/mol. The van der Waals surface area contributed by atoms with E-state index in [9.17, 15) is 14.7 Å². The average molecular weight is 370 g/mol. The van der Waals surface area contributed by atoms with E-state index in [-0.39, 0.29) is 18.0 Å². The average Bonchev–Trinajstić information content (AvgIpc) is 3.14. The summed E-state index contributed by atoms with van der Waals surface area (Å²) in [5, 5.41) is 30.8. The summed E-state index contributed by atoms with van der Waals surface area (Å²) in [6, 6.07) is 9.60. The molecule has 3 aromatic rings. The zero-order valence-electron chi connectivity index (χ0n) is 14.4. The van der Waals surface area contributed by atoms with Gasteiger partial charge >= 0.3 is 11.9 Å². The van der Waals surface area contributed by atoms with E-state index in [2.05, 4.69) is 15.8 Å². The largest absolute Gasteiger partial charge is 0.505 e. The molecule has 0 fully saturated rings. The van der Waals surface area contributed by atoms with E-state index in [4.69, 9.17) is 10.2 Å². The Morgan fingerprint density at radius 3 is 2.33 bits per heavy atom. The molecule has 2 heterocycles. The van der Waals surface area contributed by atoms with Crippen molar-refractivity contribution in [1.82, 2.24) is 14.8 Å². The molecule has 0 aliphatic carbocycles. The van der Waals surface area contributed by atoms with Crippen LogP contribution in [0.15, 0.2) is 48.9 Å². The molecule has 3 rings (SSSR count). The molecule has 0 amide bonds. The topological polar surface area (TPSA) is 152 Å². The first kappa shape index (κ1) is 19.6. The summed E-state index contributed by atoms with van der Waals surface area (Å²) in [5.74, 6) is -2.55. The van der Waals surface area contributed by atoms with Gasteiger partial charge in [0.25, 0.3) is 0 Å². The smallest absolute Gasteiger partial charge is 0.358 e. The summed E-state index contributed by atoms with van der Waals surface area (Å²) in [5.41, 5.74) is 6.98. The van der Waals surface area contributed by atoms with Crippen LogP contribution in [0.5, 0.6) is 5.75 Å². The third-order valence-corrected chi connectivity index (χ3v) is 3.60. The number of aromatic carboxylic acids is 1. The second-order valence-electron chi connectivity index (χ2n) is 5.41. The van der Waals surface area contributed by atoms with Crippen molar-refractivity contribution >= 4 is 11.9 Å². The summed E-state index contributed by atoms with van der Waals surface area (Å²) < 4.78 is 1.71. The fourth-order valence-electron chi connectivity index (χ4n) is 2.22. The molecule has 2 aromatic heterocycles. The quantitative estimate of drug-likeness (QED) is 0.541. The first-order valence-electron chi connectivity index (χ1n) is 7.79. The van der Waals surface area contributed by atoms with Crippen molar-refractivity contribution < 1.29 is 24.9 Å². The van der Waals surface area contributed by atoms with E-state index in [1.165, 1.54) is 6.20 Å². The highest BCUT2D eigenvalue weighted by atomic mass is 16.4. The summed E-state index contributed by atoms with van der Waals surface area (Å²) in [4.78, 5) is 24.0. The molecule has 0 atom stereocenters. The number of hydrogen-bond donors (Lipinski definition) is 4. The van der Waals surface area contributed by atoms with Crippen LogP contribution in [0, 0.1) is 6.92 Å². The Bertz CT molecular complexity index is 954. The zero-order valence-corrected chi connectivity index (χ0v) is 14.4. The number of carboxylic acids is 2. The van der Waals surface area contributed by atoms with Gasteiger partial charge in [-0.15, -0.1) is 0 Å². The fourth-order valence-corrected chi connectivity index (χ4v) is 2.22. The fraction of sp³-hybridized carbons (Fsp3) is 0.111. The number of para-hydroxylation sites is 1. The van der Waals surface area contributed by atoms with Crippen molar-refractivity contribution in [2.75, 3.05) is 6.54 Å². The maximum Gasteiger partial charge on any atom is 0.358 e. The van der Waals surface area contributed by atoms with Crippen LogP contribution in [0.3, 0.4) is 0 Å². The standard InChI is InChI=1S/C16H13N3O3.C2H5NO2/c1-10-13(8-17-14(15(10)20)16(21)22)11-7-18-19(9-11)12-5-3-2-4-6-12;3-1-2(4)5/h2-9,20H,1H3,(H,21,22);1,3H2,(H,4,5). The molecule has 0 aliphatic rings. The number of benzene rings is 1. The van der Waals surface area contributed by atoms with Gasteiger partial charge in [-0.25, -0.2) is 14.5 Å². The molecule has 1 aromatic carbocycles. The summed E-state index contributed by atoms with van der Waals surface area (Å²) in [6.45, 7) is 1.37. The Morgan fingerprint density at radius 2 is 1.78 bits per heavy atom. The van der Waals surface area contributed by atoms with E-state index in [1.54, 1.807) is 24.0 Å². The number of hydrogen-bond acceptors (Lipinski definition) is 6. The van der Waals surface area contributed by atoms with E-state index < -0.39 is 11.9 Å². The van der Waals surface area contributed by atoms with Crippen molar-refractivity contribution in [3.8, 4) is 22.6 Å². The molecule has 140 valence electrons. The Labute approximate surface area is 154 Å².